The van der Waals surface area contributed by atoms with Gasteiger partial charge in [0.1, 0.15) is 11.4 Å². The van der Waals surface area contributed by atoms with Gasteiger partial charge in [-0.05, 0) is 19.1 Å². The molecule has 4 nitrogen and oxygen atoms in total. The molecule has 0 unspecified atom stereocenters. The van der Waals surface area contributed by atoms with E-state index in [0.717, 1.165) is 0 Å². The number of benzene rings is 1. The Hall–Kier alpha value is -2.05. The molecule has 1 aromatic rings. The number of rotatable bonds is 4. The summed E-state index contributed by atoms with van der Waals surface area (Å²) in [5.74, 6) is -1.38. The minimum Gasteiger partial charge on any atom is -0.494 e. The van der Waals surface area contributed by atoms with E-state index in [1.54, 1.807) is 6.07 Å². The normalized spacial score (nSPS) is 12.2. The van der Waals surface area contributed by atoms with Crippen molar-refractivity contribution in [2.24, 2.45) is 4.99 Å². The molecule has 0 spiro atoms. The van der Waals surface area contributed by atoms with E-state index in [9.17, 15) is 18.0 Å². The van der Waals surface area contributed by atoms with Gasteiger partial charge in [0, 0.05) is 0 Å². The van der Waals surface area contributed by atoms with Crippen LogP contribution in [0.5, 0.6) is 5.75 Å². The smallest absolute Gasteiger partial charge is 0.440 e. The topological polar surface area (TPSA) is 47.9 Å². The first kappa shape index (κ1) is 15.0. The third-order valence-corrected chi connectivity index (χ3v) is 2.05. The van der Waals surface area contributed by atoms with Gasteiger partial charge in [0.25, 0.3) is 0 Å². The highest BCUT2D eigenvalue weighted by Gasteiger charge is 2.42. The van der Waals surface area contributed by atoms with E-state index < -0.39 is 17.9 Å². The third kappa shape index (κ3) is 3.97. The Morgan fingerprint density at radius 2 is 1.95 bits per heavy atom. The van der Waals surface area contributed by atoms with Gasteiger partial charge < -0.3 is 9.47 Å². The van der Waals surface area contributed by atoms with Gasteiger partial charge in [0.05, 0.1) is 13.7 Å². The Balaban J connectivity index is 3.24. The standard InChI is InChI=1S/C12H12F3NO3/c1-3-19-11(17)10(12(13,14)15)16-8-6-4-5-7-9(8)18-2/h4-7H,3H2,1-2H3. The Morgan fingerprint density at radius 1 is 1.32 bits per heavy atom. The summed E-state index contributed by atoms with van der Waals surface area (Å²) in [7, 11) is 1.30. The number of halogens is 3. The molecular weight excluding hydrogens is 263 g/mol. The Bertz CT molecular complexity index is 483. The zero-order chi connectivity index (χ0) is 14.5. The average Bonchev–Trinajstić information content (AvgIpc) is 2.35. The average molecular weight is 275 g/mol. The molecule has 0 saturated heterocycles. The highest BCUT2D eigenvalue weighted by Crippen LogP contribution is 2.29. The maximum Gasteiger partial charge on any atom is 0.440 e. The molecule has 0 aliphatic heterocycles. The zero-order valence-electron chi connectivity index (χ0n) is 10.3. The second-order valence-corrected chi connectivity index (χ2v) is 3.35. The second-order valence-electron chi connectivity index (χ2n) is 3.35. The molecule has 1 rings (SSSR count). The second kappa shape index (κ2) is 6.21. The van der Waals surface area contributed by atoms with Crippen LogP contribution in [0.3, 0.4) is 0 Å². The fourth-order valence-electron chi connectivity index (χ4n) is 1.27. The van der Waals surface area contributed by atoms with Crippen molar-refractivity contribution in [1.29, 1.82) is 0 Å². The van der Waals surface area contributed by atoms with Crippen molar-refractivity contribution in [2.45, 2.75) is 13.1 Å². The van der Waals surface area contributed by atoms with Gasteiger partial charge in [-0.2, -0.15) is 13.2 Å². The molecule has 19 heavy (non-hydrogen) atoms. The number of alkyl halides is 3. The number of esters is 1. The lowest BCUT2D eigenvalue weighted by Crippen LogP contribution is -2.32. The summed E-state index contributed by atoms with van der Waals surface area (Å²) >= 11 is 0. The molecule has 0 aliphatic rings. The van der Waals surface area contributed by atoms with Crippen LogP contribution in [0.1, 0.15) is 6.92 Å². The largest absolute Gasteiger partial charge is 0.494 e. The molecular formula is C12H12F3NO3. The lowest BCUT2D eigenvalue weighted by atomic mass is 10.3. The predicted octanol–water partition coefficient (Wildman–Crippen LogP) is 2.89. The predicted molar refractivity (Wildman–Crippen MR) is 62.8 cm³/mol. The van der Waals surface area contributed by atoms with Crippen LogP contribution in [-0.4, -0.2) is 31.6 Å². The molecule has 7 heteroatoms. The van der Waals surface area contributed by atoms with Crippen LogP contribution in [0.4, 0.5) is 18.9 Å². The Kier molecular flexibility index (Phi) is 4.91. The zero-order valence-corrected chi connectivity index (χ0v) is 10.3. The number of carbonyl (C=O) groups is 1. The minimum absolute atomic E-state index is 0.0922. The summed E-state index contributed by atoms with van der Waals surface area (Å²) in [6, 6.07) is 5.82. The van der Waals surface area contributed by atoms with Gasteiger partial charge in [0.2, 0.25) is 5.71 Å². The molecule has 0 aliphatic carbocycles. The number of ether oxygens (including phenoxy) is 2. The van der Waals surface area contributed by atoms with E-state index >= 15 is 0 Å². The molecule has 0 heterocycles. The summed E-state index contributed by atoms with van der Waals surface area (Å²) in [5, 5.41) is 0. The van der Waals surface area contributed by atoms with Gasteiger partial charge in [-0.25, -0.2) is 9.79 Å². The molecule has 1 aromatic carbocycles. The van der Waals surface area contributed by atoms with Gasteiger partial charge in [-0.3, -0.25) is 0 Å². The minimum atomic E-state index is -4.90. The van der Waals surface area contributed by atoms with E-state index in [2.05, 4.69) is 9.73 Å². The SMILES string of the molecule is CCOC(=O)C(=Nc1ccccc1OC)C(F)(F)F. The van der Waals surface area contributed by atoms with Crippen LogP contribution in [0.15, 0.2) is 29.3 Å². The summed E-state index contributed by atoms with van der Waals surface area (Å²) in [5.41, 5.74) is -1.70. The number of aliphatic imine (C=N–C) groups is 1. The van der Waals surface area contributed by atoms with Crippen LogP contribution >= 0.6 is 0 Å². The summed E-state index contributed by atoms with van der Waals surface area (Å²) in [4.78, 5) is 14.6. The van der Waals surface area contributed by atoms with Crippen LogP contribution in [0, 0.1) is 0 Å². The number of para-hydroxylation sites is 2. The van der Waals surface area contributed by atoms with E-state index in [1.165, 1.54) is 32.2 Å². The van der Waals surface area contributed by atoms with Crippen molar-refractivity contribution in [3.8, 4) is 5.75 Å². The molecule has 0 aromatic heterocycles. The third-order valence-electron chi connectivity index (χ3n) is 2.05. The monoisotopic (exact) mass is 275 g/mol. The summed E-state index contributed by atoms with van der Waals surface area (Å²) < 4.78 is 47.4. The highest BCUT2D eigenvalue weighted by atomic mass is 19.4. The van der Waals surface area contributed by atoms with Crippen molar-refractivity contribution >= 4 is 17.4 Å². The van der Waals surface area contributed by atoms with E-state index in [1.807, 2.05) is 0 Å². The first-order chi connectivity index (χ1) is 8.90. The first-order valence-corrected chi connectivity index (χ1v) is 5.36. The van der Waals surface area contributed by atoms with Crippen molar-refractivity contribution < 1.29 is 27.4 Å². The highest BCUT2D eigenvalue weighted by molar-refractivity contribution is 6.39. The van der Waals surface area contributed by atoms with Crippen LogP contribution < -0.4 is 4.74 Å². The van der Waals surface area contributed by atoms with Gasteiger partial charge in [-0.15, -0.1) is 0 Å². The van der Waals surface area contributed by atoms with Crippen molar-refractivity contribution in [3.05, 3.63) is 24.3 Å². The molecule has 0 amide bonds. The molecule has 0 fully saturated rings. The molecule has 104 valence electrons. The summed E-state index contributed by atoms with van der Waals surface area (Å²) in [6.07, 6.45) is -4.90. The van der Waals surface area contributed by atoms with Crippen molar-refractivity contribution in [2.75, 3.05) is 13.7 Å². The number of methoxy groups -OCH3 is 1. The molecule has 0 radical (unpaired) electrons. The number of hydrogen-bond acceptors (Lipinski definition) is 4. The molecule has 0 N–H and O–H groups in total. The van der Waals surface area contributed by atoms with Gasteiger partial charge in [0.15, 0.2) is 0 Å². The fraction of sp³-hybridized carbons (Fsp3) is 0.333. The first-order valence-electron chi connectivity index (χ1n) is 5.36. The number of nitrogens with zero attached hydrogens (tertiary/aromatic N) is 1. The lowest BCUT2D eigenvalue weighted by molar-refractivity contribution is -0.139. The van der Waals surface area contributed by atoms with Gasteiger partial charge in [-0.1, -0.05) is 12.1 Å². The maximum atomic E-state index is 12.7. The van der Waals surface area contributed by atoms with Crippen LogP contribution in [0.2, 0.25) is 0 Å². The number of carbonyl (C=O) groups excluding carboxylic acids is 1. The Morgan fingerprint density at radius 3 is 2.47 bits per heavy atom. The molecule has 0 bridgehead atoms. The van der Waals surface area contributed by atoms with Crippen molar-refractivity contribution in [1.82, 2.24) is 0 Å². The maximum absolute atomic E-state index is 12.7. The van der Waals surface area contributed by atoms with Gasteiger partial charge >= 0.3 is 12.1 Å². The van der Waals surface area contributed by atoms with E-state index in [-0.39, 0.29) is 18.0 Å². The molecule has 0 saturated carbocycles. The van der Waals surface area contributed by atoms with E-state index in [4.69, 9.17) is 4.74 Å². The Labute approximate surface area is 107 Å². The number of hydrogen-bond donors (Lipinski definition) is 0. The fourth-order valence-corrected chi connectivity index (χ4v) is 1.27. The van der Waals surface area contributed by atoms with Crippen LogP contribution in [-0.2, 0) is 9.53 Å². The molecule has 0 atom stereocenters. The summed E-state index contributed by atoms with van der Waals surface area (Å²) in [6.45, 7) is 1.24. The van der Waals surface area contributed by atoms with Crippen molar-refractivity contribution in [3.63, 3.8) is 0 Å². The quantitative estimate of drug-likeness (QED) is 0.627. The van der Waals surface area contributed by atoms with Crippen LogP contribution in [0.25, 0.3) is 0 Å². The lowest BCUT2D eigenvalue weighted by Gasteiger charge is -2.10. The van der Waals surface area contributed by atoms with E-state index in [0.29, 0.717) is 0 Å².